The molecule has 0 bridgehead atoms. The van der Waals surface area contributed by atoms with E-state index in [2.05, 4.69) is 16.3 Å². The molecule has 0 fully saturated rings. The molecular weight excluding hydrogens is 288 g/mol. The Hall–Kier alpha value is -2.65. The quantitative estimate of drug-likeness (QED) is 0.486. The summed E-state index contributed by atoms with van der Waals surface area (Å²) in [6.45, 7) is 0. The Balaban J connectivity index is 2.25. The predicted molar refractivity (Wildman–Crippen MR) is 81.2 cm³/mol. The maximum atomic E-state index is 12.4. The number of hydrogen-bond donors (Lipinski definition) is 0. The number of benzene rings is 2. The maximum absolute atomic E-state index is 12.4. The monoisotopic (exact) mass is 300 g/mol. The smallest absolute Gasteiger partial charge is 0.258 e. The summed E-state index contributed by atoms with van der Waals surface area (Å²) in [5, 5.41) is 10.5. The van der Waals surface area contributed by atoms with Crippen LogP contribution < -0.4 is 0 Å². The molecule has 5 nitrogen and oxygen atoms in total. The minimum atomic E-state index is -2.56. The summed E-state index contributed by atoms with van der Waals surface area (Å²) in [5.41, 5.74) is 0.577. The number of non-ortho nitro benzene ring substituents is 1. The number of hydrogen-bond acceptors (Lipinski definition) is 4. The Labute approximate surface area is 123 Å². The minimum Gasteiger partial charge on any atom is -0.258 e. The summed E-state index contributed by atoms with van der Waals surface area (Å²) in [7, 11) is -2.56. The lowest BCUT2D eigenvalue weighted by molar-refractivity contribution is -0.384. The van der Waals surface area contributed by atoms with Gasteiger partial charge in [-0.15, -0.1) is 4.36 Å². The van der Waals surface area contributed by atoms with Gasteiger partial charge in [-0.1, -0.05) is 18.2 Å². The van der Waals surface area contributed by atoms with Crippen molar-refractivity contribution in [2.24, 2.45) is 4.36 Å². The zero-order chi connectivity index (χ0) is 15.3. The zero-order valence-electron chi connectivity index (χ0n) is 11.2. The normalized spacial score (nSPS) is 12.6. The van der Waals surface area contributed by atoms with Gasteiger partial charge in [0.2, 0.25) is 0 Å². The van der Waals surface area contributed by atoms with E-state index in [0.717, 1.165) is 0 Å². The lowest BCUT2D eigenvalue weighted by atomic mass is 10.2. The van der Waals surface area contributed by atoms with Gasteiger partial charge in [0.05, 0.1) is 14.7 Å². The summed E-state index contributed by atoms with van der Waals surface area (Å²) in [6.07, 6.45) is 1.52. The highest BCUT2D eigenvalue weighted by Gasteiger charge is 2.04. The molecule has 1 atom stereocenters. The van der Waals surface area contributed by atoms with Crippen molar-refractivity contribution in [3.63, 3.8) is 0 Å². The molecule has 0 radical (unpaired) electrons. The van der Waals surface area contributed by atoms with Gasteiger partial charge in [0.1, 0.15) is 0 Å². The molecule has 0 spiro atoms. The van der Waals surface area contributed by atoms with E-state index in [1.807, 2.05) is 6.07 Å². The van der Waals surface area contributed by atoms with E-state index in [4.69, 9.17) is 0 Å². The van der Waals surface area contributed by atoms with Gasteiger partial charge >= 0.3 is 0 Å². The van der Waals surface area contributed by atoms with Crippen LogP contribution in [0, 0.1) is 22.1 Å². The number of rotatable bonds is 2. The molecule has 2 aromatic carbocycles. The van der Waals surface area contributed by atoms with Gasteiger partial charge in [-0.25, -0.2) is 4.21 Å². The van der Waals surface area contributed by atoms with Crippen LogP contribution in [-0.2, 0) is 9.73 Å². The summed E-state index contributed by atoms with van der Waals surface area (Å²) in [4.78, 5) is 10.7. The predicted octanol–water partition coefficient (Wildman–Crippen LogP) is 3.06. The Morgan fingerprint density at radius 1 is 1.10 bits per heavy atom. The van der Waals surface area contributed by atoms with Crippen molar-refractivity contribution in [3.8, 4) is 12.0 Å². The molecule has 1 unspecified atom stereocenters. The SMILES string of the molecule is CS(=O)(=NC#Cc1ccc([N+](=O)[O-])cc1)c1ccccc1. The molecule has 0 aliphatic rings. The number of nitro groups is 1. The fourth-order valence-corrected chi connectivity index (χ4v) is 2.55. The van der Waals surface area contributed by atoms with E-state index in [-0.39, 0.29) is 5.69 Å². The topological polar surface area (TPSA) is 72.6 Å². The lowest BCUT2D eigenvalue weighted by Crippen LogP contribution is -1.95. The third kappa shape index (κ3) is 3.91. The van der Waals surface area contributed by atoms with Crippen molar-refractivity contribution in [2.45, 2.75) is 4.90 Å². The van der Waals surface area contributed by atoms with Crippen molar-refractivity contribution < 1.29 is 9.13 Å². The highest BCUT2D eigenvalue weighted by atomic mass is 32.2. The van der Waals surface area contributed by atoms with E-state index in [1.54, 1.807) is 24.3 Å². The van der Waals surface area contributed by atoms with Crippen molar-refractivity contribution in [3.05, 3.63) is 70.3 Å². The van der Waals surface area contributed by atoms with Crippen LogP contribution in [-0.4, -0.2) is 15.4 Å². The van der Waals surface area contributed by atoms with E-state index in [9.17, 15) is 14.3 Å². The average Bonchev–Trinajstić information content (AvgIpc) is 2.48. The lowest BCUT2D eigenvalue weighted by Gasteiger charge is -1.99. The van der Waals surface area contributed by atoms with Crippen molar-refractivity contribution in [1.82, 2.24) is 0 Å². The number of nitro benzene ring substituents is 1. The van der Waals surface area contributed by atoms with E-state index >= 15 is 0 Å². The fourth-order valence-electron chi connectivity index (χ4n) is 1.57. The Morgan fingerprint density at radius 3 is 2.29 bits per heavy atom. The van der Waals surface area contributed by atoms with Gasteiger partial charge in [-0.05, 0) is 30.2 Å². The molecule has 6 heteroatoms. The molecule has 0 aliphatic carbocycles. The standard InChI is InChI=1S/C15H12N2O3S/c1-21(20,15-5-3-2-4-6-15)16-12-11-13-7-9-14(10-8-13)17(18)19/h2-10H,1H3. The third-order valence-corrected chi connectivity index (χ3v) is 4.27. The second kappa shape index (κ2) is 6.20. The molecule has 2 aromatic rings. The first-order valence-corrected chi connectivity index (χ1v) is 7.93. The number of nitrogens with zero attached hydrogens (tertiary/aromatic N) is 2. The van der Waals surface area contributed by atoms with Gasteiger partial charge in [-0.3, -0.25) is 10.1 Å². The van der Waals surface area contributed by atoms with Gasteiger partial charge in [0.15, 0.2) is 0 Å². The fraction of sp³-hybridized carbons (Fsp3) is 0.0667. The van der Waals surface area contributed by atoms with E-state index in [0.29, 0.717) is 10.5 Å². The molecule has 0 saturated carbocycles. The summed E-state index contributed by atoms with van der Waals surface area (Å²) >= 11 is 0. The van der Waals surface area contributed by atoms with Crippen LogP contribution in [0.3, 0.4) is 0 Å². The molecule has 0 N–H and O–H groups in total. The minimum absolute atomic E-state index is 0.000984. The van der Waals surface area contributed by atoms with Crippen molar-refractivity contribution in [2.75, 3.05) is 6.26 Å². The summed E-state index contributed by atoms with van der Waals surface area (Å²) < 4.78 is 16.3. The van der Waals surface area contributed by atoms with Gasteiger partial charge < -0.3 is 0 Å². The van der Waals surface area contributed by atoms with Crippen molar-refractivity contribution >= 4 is 15.4 Å². The molecule has 0 aromatic heterocycles. The van der Waals surface area contributed by atoms with E-state index < -0.39 is 14.7 Å². The zero-order valence-corrected chi connectivity index (χ0v) is 12.0. The average molecular weight is 300 g/mol. The van der Waals surface area contributed by atoms with Crippen LogP contribution >= 0.6 is 0 Å². The van der Waals surface area contributed by atoms with Crippen LogP contribution in [0.15, 0.2) is 63.9 Å². The molecule has 0 amide bonds. The molecule has 0 heterocycles. The highest BCUT2D eigenvalue weighted by Crippen LogP contribution is 2.12. The highest BCUT2D eigenvalue weighted by molar-refractivity contribution is 7.93. The first kappa shape index (κ1) is 14.8. The van der Waals surface area contributed by atoms with Gasteiger partial charge in [0.25, 0.3) is 5.69 Å². The van der Waals surface area contributed by atoms with E-state index in [1.165, 1.54) is 30.5 Å². The molecule has 0 saturated heterocycles. The van der Waals surface area contributed by atoms with Crippen LogP contribution in [0.1, 0.15) is 5.56 Å². The summed E-state index contributed by atoms with van der Waals surface area (Å²) in [6, 6.07) is 17.2. The van der Waals surface area contributed by atoms with Gasteiger partial charge in [-0.2, -0.15) is 0 Å². The first-order valence-electron chi connectivity index (χ1n) is 6.01. The largest absolute Gasteiger partial charge is 0.269 e. The van der Waals surface area contributed by atoms with Crippen LogP contribution in [0.4, 0.5) is 5.69 Å². The van der Waals surface area contributed by atoms with Gasteiger partial charge in [0, 0.05) is 34.9 Å². The van der Waals surface area contributed by atoms with Crippen LogP contribution in [0.25, 0.3) is 0 Å². The first-order chi connectivity index (χ1) is 9.99. The van der Waals surface area contributed by atoms with Crippen molar-refractivity contribution in [1.29, 1.82) is 0 Å². The molecule has 2 rings (SSSR count). The second-order valence-corrected chi connectivity index (χ2v) is 6.51. The molecule has 106 valence electrons. The summed E-state index contributed by atoms with van der Waals surface area (Å²) in [5.74, 6) is 2.72. The Bertz CT molecular complexity index is 825. The van der Waals surface area contributed by atoms with Crippen LogP contribution in [0.2, 0.25) is 0 Å². The Morgan fingerprint density at radius 2 is 1.71 bits per heavy atom. The molecule has 0 aliphatic heterocycles. The Kier molecular flexibility index (Phi) is 4.36. The maximum Gasteiger partial charge on any atom is 0.269 e. The van der Waals surface area contributed by atoms with Crippen LogP contribution in [0.5, 0.6) is 0 Å². The molecular formula is C15H12N2O3S. The molecule has 21 heavy (non-hydrogen) atoms. The second-order valence-electron chi connectivity index (χ2n) is 4.25. The third-order valence-electron chi connectivity index (χ3n) is 2.68.